The molecule has 1 N–H and O–H groups in total. The normalized spacial score (nSPS) is 14.5. The summed E-state index contributed by atoms with van der Waals surface area (Å²) in [6.07, 6.45) is 6.62. The lowest BCUT2D eigenvalue weighted by molar-refractivity contribution is -0.141. The summed E-state index contributed by atoms with van der Waals surface area (Å²) in [5.74, 6) is -0.526. The summed E-state index contributed by atoms with van der Waals surface area (Å²) in [6, 6.07) is 29.9. The van der Waals surface area contributed by atoms with Crippen LogP contribution in [0.25, 0.3) is 10.8 Å². The lowest BCUT2D eigenvalue weighted by Crippen LogP contribution is -2.52. The summed E-state index contributed by atoms with van der Waals surface area (Å²) in [4.78, 5) is 29.6. The summed E-state index contributed by atoms with van der Waals surface area (Å²) < 4.78 is 13.7. The molecule has 4 nitrogen and oxygen atoms in total. The quantitative estimate of drug-likeness (QED) is 0.237. The van der Waals surface area contributed by atoms with Crippen molar-refractivity contribution < 1.29 is 14.0 Å². The fourth-order valence-corrected chi connectivity index (χ4v) is 5.78. The summed E-state index contributed by atoms with van der Waals surface area (Å²) in [7, 11) is 0. The SMILES string of the molecule is O=C(NC1CCCCC1)C(Cc1ccccc1)N(Cc1ccc(F)cc1)C(=O)CCc1cccc2ccccc12. The molecule has 0 saturated heterocycles. The minimum absolute atomic E-state index is 0.0861. The van der Waals surface area contributed by atoms with Gasteiger partial charge >= 0.3 is 0 Å². The number of carbonyl (C=O) groups is 2. The van der Waals surface area contributed by atoms with Crippen LogP contribution in [0.15, 0.2) is 97.1 Å². The van der Waals surface area contributed by atoms with Crippen LogP contribution in [0.3, 0.4) is 0 Å². The third-order valence-corrected chi connectivity index (χ3v) is 7.98. The molecule has 4 aromatic carbocycles. The molecule has 0 spiro atoms. The zero-order chi connectivity index (χ0) is 27.7. The van der Waals surface area contributed by atoms with Crippen molar-refractivity contribution in [2.75, 3.05) is 0 Å². The molecular weight excluding hydrogens is 499 g/mol. The first-order chi connectivity index (χ1) is 19.6. The highest BCUT2D eigenvalue weighted by molar-refractivity contribution is 5.89. The van der Waals surface area contributed by atoms with Crippen LogP contribution in [0.5, 0.6) is 0 Å². The molecule has 5 heteroatoms. The molecule has 1 saturated carbocycles. The first kappa shape index (κ1) is 27.6. The van der Waals surface area contributed by atoms with Crippen molar-refractivity contribution in [3.8, 4) is 0 Å². The molecule has 2 amide bonds. The van der Waals surface area contributed by atoms with Gasteiger partial charge in [-0.3, -0.25) is 9.59 Å². The molecule has 1 aliphatic rings. The van der Waals surface area contributed by atoms with E-state index in [4.69, 9.17) is 0 Å². The fraction of sp³-hybridized carbons (Fsp3) is 0.314. The molecule has 40 heavy (non-hydrogen) atoms. The number of halogens is 1. The number of carbonyl (C=O) groups excluding carboxylic acids is 2. The van der Waals surface area contributed by atoms with E-state index in [-0.39, 0.29) is 36.6 Å². The second kappa shape index (κ2) is 13.4. The van der Waals surface area contributed by atoms with Crippen molar-refractivity contribution in [2.24, 2.45) is 0 Å². The topological polar surface area (TPSA) is 49.4 Å². The second-order valence-corrected chi connectivity index (χ2v) is 10.8. The summed E-state index contributed by atoms with van der Waals surface area (Å²) in [5.41, 5.74) is 2.90. The van der Waals surface area contributed by atoms with Gasteiger partial charge in [0.25, 0.3) is 0 Å². The van der Waals surface area contributed by atoms with E-state index in [1.54, 1.807) is 17.0 Å². The van der Waals surface area contributed by atoms with Crippen LogP contribution in [0, 0.1) is 5.82 Å². The lowest BCUT2D eigenvalue weighted by atomic mass is 9.94. The maximum absolute atomic E-state index is 14.0. The average molecular weight is 537 g/mol. The number of aryl methyl sites for hydroxylation is 1. The Labute approximate surface area is 236 Å². The van der Waals surface area contributed by atoms with Gasteiger partial charge in [0.2, 0.25) is 11.8 Å². The highest BCUT2D eigenvalue weighted by atomic mass is 19.1. The van der Waals surface area contributed by atoms with Crippen molar-refractivity contribution in [3.63, 3.8) is 0 Å². The van der Waals surface area contributed by atoms with Crippen LogP contribution >= 0.6 is 0 Å². The molecule has 0 bridgehead atoms. The Morgan fingerprint density at radius 1 is 0.800 bits per heavy atom. The largest absolute Gasteiger partial charge is 0.352 e. The number of nitrogens with one attached hydrogen (secondary N) is 1. The molecule has 0 heterocycles. The second-order valence-electron chi connectivity index (χ2n) is 10.8. The number of rotatable bonds is 10. The minimum atomic E-state index is -0.672. The van der Waals surface area contributed by atoms with E-state index < -0.39 is 6.04 Å². The average Bonchev–Trinajstić information content (AvgIpc) is 2.99. The van der Waals surface area contributed by atoms with Gasteiger partial charge in [-0.1, -0.05) is 104 Å². The van der Waals surface area contributed by atoms with E-state index in [9.17, 15) is 14.0 Å². The molecule has 0 radical (unpaired) electrons. The Balaban J connectivity index is 1.43. The summed E-state index contributed by atoms with van der Waals surface area (Å²) in [5, 5.41) is 5.56. The van der Waals surface area contributed by atoms with Crippen LogP contribution in [0.4, 0.5) is 4.39 Å². The van der Waals surface area contributed by atoms with Crippen molar-refractivity contribution in [1.29, 1.82) is 0 Å². The van der Waals surface area contributed by atoms with Gasteiger partial charge in [-0.05, 0) is 58.9 Å². The monoisotopic (exact) mass is 536 g/mol. The van der Waals surface area contributed by atoms with Crippen LogP contribution in [-0.2, 0) is 29.0 Å². The molecule has 1 fully saturated rings. The van der Waals surface area contributed by atoms with E-state index >= 15 is 0 Å². The number of amides is 2. The molecule has 4 aromatic rings. The van der Waals surface area contributed by atoms with Gasteiger partial charge in [0, 0.05) is 25.4 Å². The molecule has 1 unspecified atom stereocenters. The van der Waals surface area contributed by atoms with E-state index in [0.29, 0.717) is 12.8 Å². The number of hydrogen-bond acceptors (Lipinski definition) is 2. The van der Waals surface area contributed by atoms with Gasteiger partial charge in [0.15, 0.2) is 0 Å². The Morgan fingerprint density at radius 2 is 1.50 bits per heavy atom. The van der Waals surface area contributed by atoms with Gasteiger partial charge in [-0.25, -0.2) is 4.39 Å². The first-order valence-corrected chi connectivity index (χ1v) is 14.4. The van der Waals surface area contributed by atoms with Crippen molar-refractivity contribution >= 4 is 22.6 Å². The van der Waals surface area contributed by atoms with Gasteiger partial charge < -0.3 is 10.2 Å². The zero-order valence-corrected chi connectivity index (χ0v) is 22.9. The number of benzene rings is 4. The highest BCUT2D eigenvalue weighted by Gasteiger charge is 2.31. The summed E-state index contributed by atoms with van der Waals surface area (Å²) >= 11 is 0. The Morgan fingerprint density at radius 3 is 2.27 bits per heavy atom. The smallest absolute Gasteiger partial charge is 0.243 e. The van der Waals surface area contributed by atoms with E-state index in [1.807, 2.05) is 48.5 Å². The maximum Gasteiger partial charge on any atom is 0.243 e. The number of hydrogen-bond donors (Lipinski definition) is 1. The van der Waals surface area contributed by atoms with E-state index in [0.717, 1.165) is 53.1 Å². The van der Waals surface area contributed by atoms with Crippen LogP contribution < -0.4 is 5.32 Å². The van der Waals surface area contributed by atoms with Gasteiger partial charge in [-0.15, -0.1) is 0 Å². The third-order valence-electron chi connectivity index (χ3n) is 7.98. The number of fused-ring (bicyclic) bond motifs is 1. The van der Waals surface area contributed by atoms with Crippen LogP contribution in [0.2, 0.25) is 0 Å². The zero-order valence-electron chi connectivity index (χ0n) is 22.9. The van der Waals surface area contributed by atoms with Gasteiger partial charge in [0.05, 0.1) is 0 Å². The van der Waals surface area contributed by atoms with Crippen molar-refractivity contribution in [2.45, 2.75) is 70.0 Å². The molecule has 0 aliphatic heterocycles. The molecule has 1 atom stereocenters. The Bertz CT molecular complexity index is 1410. The predicted molar refractivity (Wildman–Crippen MR) is 158 cm³/mol. The standard InChI is InChI=1S/C35H37FN2O2/c36-30-21-18-27(19-22-30)25-38(34(39)23-20-29-14-9-13-28-12-7-8-17-32(28)29)33(24-26-10-3-1-4-11-26)35(40)37-31-15-5-2-6-16-31/h1,3-4,7-14,17-19,21-22,31,33H,2,5-6,15-16,20,23-25H2,(H,37,40). The molecule has 0 aromatic heterocycles. The fourth-order valence-electron chi connectivity index (χ4n) is 5.78. The molecule has 5 rings (SSSR count). The first-order valence-electron chi connectivity index (χ1n) is 14.4. The third kappa shape index (κ3) is 7.15. The van der Waals surface area contributed by atoms with Crippen LogP contribution in [0.1, 0.15) is 55.2 Å². The van der Waals surface area contributed by atoms with E-state index in [2.05, 4.69) is 29.6 Å². The maximum atomic E-state index is 14.0. The number of nitrogens with zero attached hydrogens (tertiary/aromatic N) is 1. The molecular formula is C35H37FN2O2. The minimum Gasteiger partial charge on any atom is -0.352 e. The van der Waals surface area contributed by atoms with E-state index in [1.165, 1.54) is 18.6 Å². The van der Waals surface area contributed by atoms with Crippen LogP contribution in [-0.4, -0.2) is 28.8 Å². The Kier molecular flexibility index (Phi) is 9.22. The van der Waals surface area contributed by atoms with Gasteiger partial charge in [0.1, 0.15) is 11.9 Å². The van der Waals surface area contributed by atoms with Crippen molar-refractivity contribution in [3.05, 3.63) is 120 Å². The molecule has 206 valence electrons. The summed E-state index contributed by atoms with van der Waals surface area (Å²) in [6.45, 7) is 0.240. The molecule has 1 aliphatic carbocycles. The van der Waals surface area contributed by atoms with Crippen molar-refractivity contribution in [1.82, 2.24) is 10.2 Å². The van der Waals surface area contributed by atoms with Gasteiger partial charge in [-0.2, -0.15) is 0 Å². The Hall–Kier alpha value is -3.99. The predicted octanol–water partition coefficient (Wildman–Crippen LogP) is 7.00. The highest BCUT2D eigenvalue weighted by Crippen LogP contribution is 2.23. The lowest BCUT2D eigenvalue weighted by Gasteiger charge is -2.33.